The summed E-state index contributed by atoms with van der Waals surface area (Å²) in [6.07, 6.45) is 3.84. The highest BCUT2D eigenvalue weighted by atomic mass is 15.2. The molecule has 3 rings (SSSR count). The first-order valence-corrected chi connectivity index (χ1v) is 7.75. The lowest BCUT2D eigenvalue weighted by Gasteiger charge is -2.43. The molecule has 1 aliphatic carbocycles. The largest absolute Gasteiger partial charge is 0.326 e. The van der Waals surface area contributed by atoms with Crippen LogP contribution in [0.2, 0.25) is 0 Å². The number of rotatable bonds is 1. The van der Waals surface area contributed by atoms with E-state index in [1.165, 1.54) is 25.8 Å². The van der Waals surface area contributed by atoms with Gasteiger partial charge in [0.15, 0.2) is 0 Å². The quantitative estimate of drug-likeness (QED) is 0.837. The Labute approximate surface area is 117 Å². The van der Waals surface area contributed by atoms with Gasteiger partial charge in [-0.1, -0.05) is 38.1 Å². The second kappa shape index (κ2) is 5.26. The zero-order chi connectivity index (χ0) is 13.4. The first-order chi connectivity index (χ1) is 9.16. The van der Waals surface area contributed by atoms with Crippen LogP contribution in [0.15, 0.2) is 24.3 Å². The number of hydrogen-bond donors (Lipinski definition) is 1. The Balaban J connectivity index is 1.84. The van der Waals surface area contributed by atoms with E-state index in [-0.39, 0.29) is 0 Å². The van der Waals surface area contributed by atoms with E-state index >= 15 is 0 Å². The van der Waals surface area contributed by atoms with Gasteiger partial charge in [-0.3, -0.25) is 4.90 Å². The molecular weight excluding hydrogens is 232 g/mol. The van der Waals surface area contributed by atoms with Crippen molar-refractivity contribution in [3.05, 3.63) is 35.4 Å². The van der Waals surface area contributed by atoms with Gasteiger partial charge in [-0.25, -0.2) is 0 Å². The molecule has 4 unspecified atom stereocenters. The van der Waals surface area contributed by atoms with Crippen molar-refractivity contribution in [3.8, 4) is 0 Å². The maximum atomic E-state index is 6.28. The number of nitrogens with zero attached hydrogens (tertiary/aromatic N) is 1. The molecule has 2 aliphatic rings. The third kappa shape index (κ3) is 2.44. The van der Waals surface area contributed by atoms with Crippen LogP contribution in [-0.4, -0.2) is 24.0 Å². The molecule has 1 aliphatic heterocycles. The van der Waals surface area contributed by atoms with Crippen molar-refractivity contribution >= 4 is 0 Å². The van der Waals surface area contributed by atoms with Crippen molar-refractivity contribution in [2.45, 2.75) is 51.1 Å². The van der Waals surface area contributed by atoms with Crippen LogP contribution in [0.3, 0.4) is 0 Å². The Kier molecular flexibility index (Phi) is 3.64. The summed E-state index contributed by atoms with van der Waals surface area (Å²) < 4.78 is 0. The van der Waals surface area contributed by atoms with Crippen LogP contribution in [0, 0.1) is 5.92 Å². The van der Waals surface area contributed by atoms with Crippen LogP contribution in [0.25, 0.3) is 0 Å². The van der Waals surface area contributed by atoms with E-state index in [2.05, 4.69) is 43.0 Å². The van der Waals surface area contributed by atoms with Crippen molar-refractivity contribution in [2.24, 2.45) is 11.7 Å². The molecule has 2 nitrogen and oxygen atoms in total. The Morgan fingerprint density at radius 3 is 2.53 bits per heavy atom. The lowest BCUT2D eigenvalue weighted by molar-refractivity contribution is 0.107. The summed E-state index contributed by atoms with van der Waals surface area (Å²) in [7, 11) is 0. The fraction of sp³-hybridized carbons (Fsp3) is 0.647. The molecule has 4 atom stereocenters. The lowest BCUT2D eigenvalue weighted by atomic mass is 9.79. The highest BCUT2D eigenvalue weighted by Crippen LogP contribution is 2.41. The van der Waals surface area contributed by atoms with E-state index in [0.29, 0.717) is 23.9 Å². The molecule has 2 N–H and O–H groups in total. The number of benzene rings is 1. The standard InChI is InChI=1S/C17H26N2/c1-12-7-8-17(15-6-4-3-5-14(12)15)19-10-9-13(2)16(18)11-19/h3-6,12-13,16-17H,7-11,18H2,1-2H3. The molecule has 1 heterocycles. The lowest BCUT2D eigenvalue weighted by Crippen LogP contribution is -2.49. The first kappa shape index (κ1) is 13.1. The van der Waals surface area contributed by atoms with Gasteiger partial charge in [0.2, 0.25) is 0 Å². The van der Waals surface area contributed by atoms with E-state index in [9.17, 15) is 0 Å². The van der Waals surface area contributed by atoms with Gasteiger partial charge in [-0.05, 0) is 48.8 Å². The molecule has 1 fully saturated rings. The van der Waals surface area contributed by atoms with Crippen LogP contribution in [0.5, 0.6) is 0 Å². The van der Waals surface area contributed by atoms with E-state index in [1.807, 2.05) is 0 Å². The second-order valence-corrected chi connectivity index (χ2v) is 6.55. The number of hydrogen-bond acceptors (Lipinski definition) is 2. The van der Waals surface area contributed by atoms with E-state index in [4.69, 9.17) is 5.73 Å². The Morgan fingerprint density at radius 1 is 1.05 bits per heavy atom. The van der Waals surface area contributed by atoms with Crippen LogP contribution < -0.4 is 5.73 Å². The van der Waals surface area contributed by atoms with Gasteiger partial charge in [-0.2, -0.15) is 0 Å². The van der Waals surface area contributed by atoms with E-state index < -0.39 is 0 Å². The Bertz CT molecular complexity index is 443. The summed E-state index contributed by atoms with van der Waals surface area (Å²) >= 11 is 0. The van der Waals surface area contributed by atoms with Gasteiger partial charge >= 0.3 is 0 Å². The molecule has 1 saturated heterocycles. The topological polar surface area (TPSA) is 29.3 Å². The maximum Gasteiger partial charge on any atom is 0.0351 e. The fourth-order valence-corrected chi connectivity index (χ4v) is 3.77. The highest BCUT2D eigenvalue weighted by Gasteiger charge is 2.32. The second-order valence-electron chi connectivity index (χ2n) is 6.55. The summed E-state index contributed by atoms with van der Waals surface area (Å²) in [5, 5.41) is 0. The molecule has 2 heteroatoms. The Morgan fingerprint density at radius 2 is 1.79 bits per heavy atom. The van der Waals surface area contributed by atoms with Crippen LogP contribution >= 0.6 is 0 Å². The van der Waals surface area contributed by atoms with Gasteiger partial charge in [0.25, 0.3) is 0 Å². The smallest absolute Gasteiger partial charge is 0.0351 e. The number of likely N-dealkylation sites (tertiary alicyclic amines) is 1. The predicted octanol–water partition coefficient (Wildman–Crippen LogP) is 3.29. The highest BCUT2D eigenvalue weighted by molar-refractivity contribution is 5.35. The zero-order valence-corrected chi connectivity index (χ0v) is 12.2. The van der Waals surface area contributed by atoms with Gasteiger partial charge < -0.3 is 5.73 Å². The van der Waals surface area contributed by atoms with Crippen molar-refractivity contribution in [3.63, 3.8) is 0 Å². The molecule has 1 aromatic rings. The number of nitrogens with two attached hydrogens (primary N) is 1. The minimum Gasteiger partial charge on any atom is -0.326 e. The maximum absolute atomic E-state index is 6.28. The molecule has 0 amide bonds. The summed E-state index contributed by atoms with van der Waals surface area (Å²) in [6, 6.07) is 9.97. The molecule has 1 aromatic carbocycles. The molecular formula is C17H26N2. The van der Waals surface area contributed by atoms with Crippen molar-refractivity contribution in [1.29, 1.82) is 0 Å². The fourth-order valence-electron chi connectivity index (χ4n) is 3.77. The Hall–Kier alpha value is -0.860. The summed E-state index contributed by atoms with van der Waals surface area (Å²) in [5.41, 5.74) is 9.40. The molecule has 104 valence electrons. The molecule has 0 spiro atoms. The van der Waals surface area contributed by atoms with Crippen LogP contribution in [0.4, 0.5) is 0 Å². The SMILES string of the molecule is CC1CCC(N2CCC(C)C(N)C2)c2ccccc21. The zero-order valence-electron chi connectivity index (χ0n) is 12.2. The molecule has 0 bridgehead atoms. The normalized spacial score (nSPS) is 35.9. The van der Waals surface area contributed by atoms with Crippen molar-refractivity contribution in [2.75, 3.05) is 13.1 Å². The third-order valence-corrected chi connectivity index (χ3v) is 5.25. The molecule has 0 aromatic heterocycles. The predicted molar refractivity (Wildman–Crippen MR) is 80.2 cm³/mol. The summed E-state index contributed by atoms with van der Waals surface area (Å²) in [4.78, 5) is 2.63. The summed E-state index contributed by atoms with van der Waals surface area (Å²) in [6.45, 7) is 6.93. The van der Waals surface area contributed by atoms with E-state index in [0.717, 1.165) is 6.54 Å². The van der Waals surface area contributed by atoms with Gasteiger partial charge in [0, 0.05) is 18.6 Å². The third-order valence-electron chi connectivity index (χ3n) is 5.25. The van der Waals surface area contributed by atoms with Gasteiger partial charge in [0.1, 0.15) is 0 Å². The molecule has 0 radical (unpaired) electrons. The minimum absolute atomic E-state index is 0.347. The van der Waals surface area contributed by atoms with Crippen molar-refractivity contribution in [1.82, 2.24) is 4.90 Å². The van der Waals surface area contributed by atoms with Crippen LogP contribution in [-0.2, 0) is 0 Å². The molecule has 0 saturated carbocycles. The van der Waals surface area contributed by atoms with Crippen molar-refractivity contribution < 1.29 is 0 Å². The molecule has 19 heavy (non-hydrogen) atoms. The first-order valence-electron chi connectivity index (χ1n) is 7.75. The number of piperidine rings is 1. The monoisotopic (exact) mass is 258 g/mol. The number of fused-ring (bicyclic) bond motifs is 1. The van der Waals surface area contributed by atoms with Gasteiger partial charge in [-0.15, -0.1) is 0 Å². The average molecular weight is 258 g/mol. The minimum atomic E-state index is 0.347. The van der Waals surface area contributed by atoms with Gasteiger partial charge in [0.05, 0.1) is 0 Å². The summed E-state index contributed by atoms with van der Waals surface area (Å²) in [5.74, 6) is 1.39. The average Bonchev–Trinajstić information content (AvgIpc) is 2.43. The van der Waals surface area contributed by atoms with Crippen LogP contribution in [0.1, 0.15) is 56.2 Å². The van der Waals surface area contributed by atoms with E-state index in [1.54, 1.807) is 11.1 Å².